The highest BCUT2D eigenvalue weighted by Gasteiger charge is 2.25. The van der Waals surface area contributed by atoms with E-state index in [0.717, 1.165) is 39.3 Å². The lowest BCUT2D eigenvalue weighted by Crippen LogP contribution is -2.50. The van der Waals surface area contributed by atoms with Crippen molar-refractivity contribution in [3.63, 3.8) is 0 Å². The van der Waals surface area contributed by atoms with Crippen molar-refractivity contribution in [1.29, 1.82) is 0 Å². The van der Waals surface area contributed by atoms with Crippen molar-refractivity contribution in [2.24, 2.45) is 0 Å². The number of benzene rings is 1. The first-order valence-electron chi connectivity index (χ1n) is 7.94. The number of carbonyl (C=O) groups excluding carboxylic acids is 2. The molecule has 0 aliphatic carbocycles. The van der Waals surface area contributed by atoms with Crippen LogP contribution in [0.25, 0.3) is 0 Å². The third-order valence-corrected chi connectivity index (χ3v) is 4.72. The first-order chi connectivity index (χ1) is 11.1. The van der Waals surface area contributed by atoms with E-state index in [-0.39, 0.29) is 11.9 Å². The molecule has 1 aromatic carbocycles. The van der Waals surface area contributed by atoms with E-state index in [4.69, 9.17) is 11.6 Å². The van der Waals surface area contributed by atoms with Gasteiger partial charge in [-0.25, -0.2) is 4.79 Å². The van der Waals surface area contributed by atoms with E-state index in [1.54, 1.807) is 12.1 Å². The average molecular weight is 337 g/mol. The van der Waals surface area contributed by atoms with Gasteiger partial charge in [0.25, 0.3) is 5.91 Å². The van der Waals surface area contributed by atoms with Crippen LogP contribution in [-0.4, -0.2) is 79.0 Å². The molecule has 2 aliphatic rings. The number of carbonyl (C=O) groups is 2. The normalized spacial score (nSPS) is 19.1. The van der Waals surface area contributed by atoms with E-state index in [1.165, 1.54) is 0 Å². The van der Waals surface area contributed by atoms with Gasteiger partial charge in [0.2, 0.25) is 0 Å². The minimum absolute atomic E-state index is 0.00540. The fourth-order valence-electron chi connectivity index (χ4n) is 2.97. The standard InChI is InChI=1S/C16H21ClN4O2/c17-14-4-2-1-3-13(14)15(22)20-10-7-19(8-11-20)9-12-21-6-5-18-16(21)23/h1-4H,5-12H2,(H,18,23). The first kappa shape index (κ1) is 16.1. The molecule has 6 nitrogen and oxygen atoms in total. The quantitative estimate of drug-likeness (QED) is 0.896. The number of nitrogens with zero attached hydrogens (tertiary/aromatic N) is 3. The third kappa shape index (κ3) is 3.76. The zero-order valence-corrected chi connectivity index (χ0v) is 13.8. The molecule has 2 saturated heterocycles. The van der Waals surface area contributed by atoms with Crippen molar-refractivity contribution in [3.8, 4) is 0 Å². The molecule has 0 atom stereocenters. The topological polar surface area (TPSA) is 55.9 Å². The molecule has 0 bridgehead atoms. The highest BCUT2D eigenvalue weighted by molar-refractivity contribution is 6.33. The van der Waals surface area contributed by atoms with E-state index in [1.807, 2.05) is 21.9 Å². The van der Waals surface area contributed by atoms with E-state index in [9.17, 15) is 9.59 Å². The smallest absolute Gasteiger partial charge is 0.317 e. The minimum atomic E-state index is -0.00540. The van der Waals surface area contributed by atoms with Gasteiger partial charge in [-0.3, -0.25) is 9.69 Å². The summed E-state index contributed by atoms with van der Waals surface area (Å²) in [7, 11) is 0. The Kier molecular flexibility index (Phi) is 5.03. The molecular weight excluding hydrogens is 316 g/mol. The molecule has 0 unspecified atom stereocenters. The Bertz CT molecular complexity index is 587. The van der Waals surface area contributed by atoms with Gasteiger partial charge in [-0.15, -0.1) is 0 Å². The Morgan fingerprint density at radius 3 is 2.48 bits per heavy atom. The lowest BCUT2D eigenvalue weighted by Gasteiger charge is -2.35. The molecule has 1 N–H and O–H groups in total. The van der Waals surface area contributed by atoms with Gasteiger partial charge in [-0.05, 0) is 12.1 Å². The fraction of sp³-hybridized carbons (Fsp3) is 0.500. The highest BCUT2D eigenvalue weighted by Crippen LogP contribution is 2.18. The predicted octanol–water partition coefficient (Wildman–Crippen LogP) is 1.12. The average Bonchev–Trinajstić information content (AvgIpc) is 2.98. The molecule has 2 aliphatic heterocycles. The van der Waals surface area contributed by atoms with Gasteiger partial charge in [-0.1, -0.05) is 23.7 Å². The van der Waals surface area contributed by atoms with Crippen LogP contribution in [-0.2, 0) is 0 Å². The number of urea groups is 1. The summed E-state index contributed by atoms with van der Waals surface area (Å²) in [5.74, 6) is -0.00540. The van der Waals surface area contributed by atoms with Crippen LogP contribution in [0, 0.1) is 0 Å². The van der Waals surface area contributed by atoms with E-state index in [2.05, 4.69) is 10.2 Å². The van der Waals surface area contributed by atoms with Gasteiger partial charge >= 0.3 is 6.03 Å². The molecule has 2 fully saturated rings. The van der Waals surface area contributed by atoms with Crippen LogP contribution in [0.5, 0.6) is 0 Å². The van der Waals surface area contributed by atoms with Gasteiger partial charge in [0, 0.05) is 52.4 Å². The molecule has 124 valence electrons. The van der Waals surface area contributed by atoms with Crippen LogP contribution < -0.4 is 5.32 Å². The van der Waals surface area contributed by atoms with E-state index in [0.29, 0.717) is 23.7 Å². The van der Waals surface area contributed by atoms with Crippen molar-refractivity contribution < 1.29 is 9.59 Å². The molecule has 0 spiro atoms. The van der Waals surface area contributed by atoms with Gasteiger partial charge < -0.3 is 15.1 Å². The Hall–Kier alpha value is -1.79. The first-order valence-corrected chi connectivity index (χ1v) is 8.32. The van der Waals surface area contributed by atoms with Crippen molar-refractivity contribution in [2.75, 3.05) is 52.4 Å². The number of hydrogen-bond donors (Lipinski definition) is 1. The summed E-state index contributed by atoms with van der Waals surface area (Å²) in [6, 6.07) is 7.19. The summed E-state index contributed by atoms with van der Waals surface area (Å²) in [6.45, 7) is 6.14. The number of amides is 3. The van der Waals surface area contributed by atoms with Crippen molar-refractivity contribution in [3.05, 3.63) is 34.9 Å². The second-order valence-electron chi connectivity index (χ2n) is 5.83. The summed E-state index contributed by atoms with van der Waals surface area (Å²) in [5, 5.41) is 3.31. The second-order valence-corrected chi connectivity index (χ2v) is 6.24. The van der Waals surface area contributed by atoms with Gasteiger partial charge in [0.1, 0.15) is 0 Å². The zero-order chi connectivity index (χ0) is 16.2. The van der Waals surface area contributed by atoms with Crippen molar-refractivity contribution in [2.45, 2.75) is 0 Å². The summed E-state index contributed by atoms with van der Waals surface area (Å²) in [4.78, 5) is 30.0. The van der Waals surface area contributed by atoms with Gasteiger partial charge in [0.05, 0.1) is 10.6 Å². The van der Waals surface area contributed by atoms with E-state index >= 15 is 0 Å². The van der Waals surface area contributed by atoms with E-state index < -0.39 is 0 Å². The fourth-order valence-corrected chi connectivity index (χ4v) is 3.18. The van der Waals surface area contributed by atoms with Crippen LogP contribution in [0.15, 0.2) is 24.3 Å². The minimum Gasteiger partial charge on any atom is -0.336 e. The SMILES string of the molecule is O=C1NCCN1CCN1CCN(C(=O)c2ccccc2Cl)CC1. The lowest BCUT2D eigenvalue weighted by atomic mass is 10.2. The predicted molar refractivity (Wildman–Crippen MR) is 88.8 cm³/mol. The maximum absolute atomic E-state index is 12.5. The lowest BCUT2D eigenvalue weighted by molar-refractivity contribution is 0.0631. The molecule has 1 aromatic rings. The molecule has 2 heterocycles. The maximum Gasteiger partial charge on any atom is 0.317 e. The van der Waals surface area contributed by atoms with Crippen LogP contribution in [0.1, 0.15) is 10.4 Å². The van der Waals surface area contributed by atoms with Crippen LogP contribution in [0.2, 0.25) is 5.02 Å². The van der Waals surface area contributed by atoms with Crippen LogP contribution >= 0.6 is 11.6 Å². The Labute approximate surface area is 141 Å². The highest BCUT2D eigenvalue weighted by atomic mass is 35.5. The molecule has 7 heteroatoms. The molecular formula is C16H21ClN4O2. The molecule has 23 heavy (non-hydrogen) atoms. The van der Waals surface area contributed by atoms with Crippen LogP contribution in [0.4, 0.5) is 4.79 Å². The van der Waals surface area contributed by atoms with Crippen molar-refractivity contribution in [1.82, 2.24) is 20.0 Å². The summed E-state index contributed by atoms with van der Waals surface area (Å²) in [6.07, 6.45) is 0. The second kappa shape index (κ2) is 7.19. The molecule has 0 radical (unpaired) electrons. The molecule has 0 saturated carbocycles. The zero-order valence-electron chi connectivity index (χ0n) is 13.0. The summed E-state index contributed by atoms with van der Waals surface area (Å²) in [5.41, 5.74) is 0.566. The molecule has 0 aromatic heterocycles. The van der Waals surface area contributed by atoms with Gasteiger partial charge in [0.15, 0.2) is 0 Å². The monoisotopic (exact) mass is 336 g/mol. The number of halogens is 1. The number of hydrogen-bond acceptors (Lipinski definition) is 3. The number of nitrogens with one attached hydrogen (secondary N) is 1. The number of rotatable bonds is 4. The van der Waals surface area contributed by atoms with Gasteiger partial charge in [-0.2, -0.15) is 0 Å². The summed E-state index contributed by atoms with van der Waals surface area (Å²) >= 11 is 6.10. The molecule has 3 rings (SSSR count). The van der Waals surface area contributed by atoms with Crippen molar-refractivity contribution >= 4 is 23.5 Å². The Morgan fingerprint density at radius 1 is 1.09 bits per heavy atom. The third-order valence-electron chi connectivity index (χ3n) is 4.40. The molecule has 3 amide bonds. The Morgan fingerprint density at radius 2 is 1.83 bits per heavy atom. The largest absolute Gasteiger partial charge is 0.336 e. The number of piperazine rings is 1. The van der Waals surface area contributed by atoms with Crippen LogP contribution in [0.3, 0.4) is 0 Å². The Balaban J connectivity index is 1.47. The summed E-state index contributed by atoms with van der Waals surface area (Å²) < 4.78 is 0. The maximum atomic E-state index is 12.5.